The minimum Gasteiger partial charge on any atom is -0.299 e. The number of rotatable bonds is 0. The maximum atomic E-state index is 12.3. The van der Waals surface area contributed by atoms with Gasteiger partial charge in [-0.2, -0.15) is 0 Å². The van der Waals surface area contributed by atoms with Crippen molar-refractivity contribution in [2.24, 2.45) is 0 Å². The Morgan fingerprint density at radius 3 is 2.44 bits per heavy atom. The standard InChI is InChI=1S/C6H9F2N/c1-9-3-2-5(7)6(8)4-9/h2-4H2,1H3. The van der Waals surface area contributed by atoms with Crippen LogP contribution in [0.25, 0.3) is 0 Å². The number of nitrogens with zero attached hydrogens (tertiary/aromatic N) is 1. The Morgan fingerprint density at radius 1 is 1.33 bits per heavy atom. The third-order valence-corrected chi connectivity index (χ3v) is 1.42. The molecule has 1 heterocycles. The highest BCUT2D eigenvalue weighted by molar-refractivity contribution is 5.05. The molecule has 0 bridgehead atoms. The zero-order chi connectivity index (χ0) is 6.85. The van der Waals surface area contributed by atoms with Crippen LogP contribution in [0.2, 0.25) is 0 Å². The van der Waals surface area contributed by atoms with Crippen LogP contribution in [0.1, 0.15) is 6.42 Å². The molecule has 1 nitrogen and oxygen atoms in total. The van der Waals surface area contributed by atoms with Crippen molar-refractivity contribution in [2.75, 3.05) is 20.1 Å². The highest BCUT2D eigenvalue weighted by Crippen LogP contribution is 2.17. The summed E-state index contributed by atoms with van der Waals surface area (Å²) in [4.78, 5) is 1.75. The van der Waals surface area contributed by atoms with E-state index < -0.39 is 11.7 Å². The fraction of sp³-hybridized carbons (Fsp3) is 0.667. The summed E-state index contributed by atoms with van der Waals surface area (Å²) in [5, 5.41) is 0. The van der Waals surface area contributed by atoms with E-state index in [1.165, 1.54) is 0 Å². The van der Waals surface area contributed by atoms with E-state index in [-0.39, 0.29) is 13.0 Å². The van der Waals surface area contributed by atoms with Gasteiger partial charge in [-0.25, -0.2) is 8.78 Å². The van der Waals surface area contributed by atoms with E-state index >= 15 is 0 Å². The van der Waals surface area contributed by atoms with Crippen molar-refractivity contribution in [1.29, 1.82) is 0 Å². The van der Waals surface area contributed by atoms with Gasteiger partial charge in [0.25, 0.3) is 0 Å². The number of hydrogen-bond donors (Lipinski definition) is 0. The molecule has 0 aromatic heterocycles. The molecule has 0 radical (unpaired) electrons. The fourth-order valence-electron chi connectivity index (χ4n) is 0.826. The molecule has 1 aliphatic rings. The normalized spacial score (nSPS) is 23.0. The molecule has 0 unspecified atom stereocenters. The van der Waals surface area contributed by atoms with Gasteiger partial charge >= 0.3 is 0 Å². The molecule has 0 aromatic carbocycles. The van der Waals surface area contributed by atoms with Crippen LogP contribution in [-0.2, 0) is 0 Å². The van der Waals surface area contributed by atoms with E-state index in [0.717, 1.165) is 0 Å². The molecule has 52 valence electrons. The maximum Gasteiger partial charge on any atom is 0.145 e. The van der Waals surface area contributed by atoms with Crippen LogP contribution in [0.4, 0.5) is 8.78 Å². The molecule has 0 atom stereocenters. The quantitative estimate of drug-likeness (QED) is 0.483. The molecule has 0 saturated carbocycles. The van der Waals surface area contributed by atoms with Crippen molar-refractivity contribution in [3.8, 4) is 0 Å². The van der Waals surface area contributed by atoms with Crippen LogP contribution < -0.4 is 0 Å². The Morgan fingerprint density at radius 2 is 2.00 bits per heavy atom. The topological polar surface area (TPSA) is 3.24 Å². The summed E-state index contributed by atoms with van der Waals surface area (Å²) in [5.41, 5.74) is 0. The molecular weight excluding hydrogens is 124 g/mol. The summed E-state index contributed by atoms with van der Waals surface area (Å²) in [7, 11) is 1.77. The highest BCUT2D eigenvalue weighted by Gasteiger charge is 2.14. The van der Waals surface area contributed by atoms with Gasteiger partial charge in [0.15, 0.2) is 0 Å². The zero-order valence-electron chi connectivity index (χ0n) is 5.32. The number of halogens is 2. The monoisotopic (exact) mass is 133 g/mol. The van der Waals surface area contributed by atoms with Crippen molar-refractivity contribution in [1.82, 2.24) is 4.90 Å². The lowest BCUT2D eigenvalue weighted by Crippen LogP contribution is -2.25. The molecule has 1 aliphatic heterocycles. The summed E-state index contributed by atoms with van der Waals surface area (Å²) >= 11 is 0. The first kappa shape index (κ1) is 6.68. The van der Waals surface area contributed by atoms with E-state index in [9.17, 15) is 8.78 Å². The van der Waals surface area contributed by atoms with Crippen LogP contribution in [0.5, 0.6) is 0 Å². The summed E-state index contributed by atoms with van der Waals surface area (Å²) < 4.78 is 24.5. The lowest BCUT2D eigenvalue weighted by Gasteiger charge is -2.19. The van der Waals surface area contributed by atoms with Gasteiger partial charge in [0.1, 0.15) is 11.7 Å². The lowest BCUT2D eigenvalue weighted by molar-refractivity contribution is 0.288. The van der Waals surface area contributed by atoms with Gasteiger partial charge in [0, 0.05) is 13.0 Å². The molecule has 0 amide bonds. The second kappa shape index (κ2) is 2.43. The van der Waals surface area contributed by atoms with Gasteiger partial charge in [-0.05, 0) is 7.05 Å². The smallest absolute Gasteiger partial charge is 0.145 e. The Balaban J connectivity index is 2.61. The Kier molecular flexibility index (Phi) is 1.81. The van der Waals surface area contributed by atoms with Crippen molar-refractivity contribution in [3.05, 3.63) is 11.7 Å². The molecule has 0 N–H and O–H groups in total. The van der Waals surface area contributed by atoms with E-state index in [4.69, 9.17) is 0 Å². The molecular formula is C6H9F2N. The van der Waals surface area contributed by atoms with Crippen LogP contribution in [-0.4, -0.2) is 25.0 Å². The third kappa shape index (κ3) is 1.48. The summed E-state index contributed by atoms with van der Waals surface area (Å²) in [6.07, 6.45) is 0.225. The molecule has 0 spiro atoms. The van der Waals surface area contributed by atoms with Gasteiger partial charge in [0.2, 0.25) is 0 Å². The van der Waals surface area contributed by atoms with Crippen molar-refractivity contribution >= 4 is 0 Å². The lowest BCUT2D eigenvalue weighted by atomic mass is 10.2. The minimum atomic E-state index is -0.608. The Labute approximate surface area is 53.0 Å². The van der Waals surface area contributed by atoms with Crippen LogP contribution in [0.3, 0.4) is 0 Å². The molecule has 1 rings (SSSR count). The number of likely N-dealkylation sites (N-methyl/N-ethyl adjacent to an activating group) is 1. The van der Waals surface area contributed by atoms with Crippen molar-refractivity contribution in [2.45, 2.75) is 6.42 Å². The summed E-state index contributed by atoms with van der Waals surface area (Å²) in [6, 6.07) is 0. The SMILES string of the molecule is CN1CCC(F)=C(F)C1. The maximum absolute atomic E-state index is 12.3. The Bertz CT molecular complexity index is 142. The highest BCUT2D eigenvalue weighted by atomic mass is 19.2. The molecule has 0 saturated heterocycles. The zero-order valence-corrected chi connectivity index (χ0v) is 5.32. The van der Waals surface area contributed by atoms with Crippen molar-refractivity contribution in [3.63, 3.8) is 0 Å². The van der Waals surface area contributed by atoms with E-state index in [1.54, 1.807) is 11.9 Å². The first-order chi connectivity index (χ1) is 4.20. The predicted octanol–water partition coefficient (Wildman–Crippen LogP) is 1.47. The number of hydrogen-bond acceptors (Lipinski definition) is 1. The molecule has 0 aliphatic carbocycles. The van der Waals surface area contributed by atoms with E-state index in [0.29, 0.717) is 6.54 Å². The molecule has 9 heavy (non-hydrogen) atoms. The average Bonchev–Trinajstić information content (AvgIpc) is 1.80. The van der Waals surface area contributed by atoms with Crippen molar-refractivity contribution < 1.29 is 8.78 Å². The molecule has 0 fully saturated rings. The van der Waals surface area contributed by atoms with Crippen LogP contribution in [0, 0.1) is 0 Å². The van der Waals surface area contributed by atoms with Gasteiger partial charge in [-0.3, -0.25) is 4.90 Å². The first-order valence-electron chi connectivity index (χ1n) is 2.91. The molecule has 0 aromatic rings. The van der Waals surface area contributed by atoms with Gasteiger partial charge < -0.3 is 0 Å². The summed E-state index contributed by atoms with van der Waals surface area (Å²) in [5.74, 6) is -1.18. The first-order valence-corrected chi connectivity index (χ1v) is 2.91. The van der Waals surface area contributed by atoms with Crippen LogP contribution in [0.15, 0.2) is 11.7 Å². The average molecular weight is 133 g/mol. The van der Waals surface area contributed by atoms with Gasteiger partial charge in [-0.1, -0.05) is 0 Å². The van der Waals surface area contributed by atoms with E-state index in [2.05, 4.69) is 0 Å². The predicted molar refractivity (Wildman–Crippen MR) is 31.4 cm³/mol. The second-order valence-corrected chi connectivity index (χ2v) is 2.30. The second-order valence-electron chi connectivity index (χ2n) is 2.30. The van der Waals surface area contributed by atoms with Crippen LogP contribution >= 0.6 is 0 Å². The minimum absolute atomic E-state index is 0.131. The van der Waals surface area contributed by atoms with Gasteiger partial charge in [0.05, 0.1) is 6.54 Å². The largest absolute Gasteiger partial charge is 0.299 e. The molecule has 3 heteroatoms. The van der Waals surface area contributed by atoms with E-state index in [1.807, 2.05) is 0 Å². The fourth-order valence-corrected chi connectivity index (χ4v) is 0.826. The third-order valence-electron chi connectivity index (χ3n) is 1.42. The van der Waals surface area contributed by atoms with Gasteiger partial charge in [-0.15, -0.1) is 0 Å². The summed E-state index contributed by atoms with van der Waals surface area (Å²) in [6.45, 7) is 0.755. The Hall–Kier alpha value is -0.440.